The first kappa shape index (κ1) is 33.0. The van der Waals surface area contributed by atoms with Crippen molar-refractivity contribution >= 4 is 62.0 Å². The minimum atomic E-state index is -5.08. The van der Waals surface area contributed by atoms with Gasteiger partial charge in [0, 0.05) is 43.7 Å². The number of aromatic amines is 1. The minimum Gasteiger partial charge on any atom is -0.503 e. The van der Waals surface area contributed by atoms with Gasteiger partial charge in [0.25, 0.3) is 5.91 Å². The number of thiazole rings is 1. The maximum atomic E-state index is 13.3. The Morgan fingerprint density at radius 3 is 2.49 bits per heavy atom. The molecule has 0 unspecified atom stereocenters. The van der Waals surface area contributed by atoms with Crippen molar-refractivity contribution in [2.75, 3.05) is 25.4 Å². The molecule has 2 aliphatic heterocycles. The van der Waals surface area contributed by atoms with Gasteiger partial charge in [-0.1, -0.05) is 5.16 Å². The summed E-state index contributed by atoms with van der Waals surface area (Å²) in [5.41, 5.74) is 2.30. The number of hydrogen-bond donors (Lipinski definition) is 6. The number of Topliss-reactive ketones (excluding diaryl/α,β-unsaturated/α-hetero) is 1. The Bertz CT molecular complexity index is 1760. The van der Waals surface area contributed by atoms with E-state index in [9.17, 15) is 52.0 Å². The third-order valence-electron chi connectivity index (χ3n) is 7.01. The summed E-state index contributed by atoms with van der Waals surface area (Å²) in [5, 5.41) is 26.1. The summed E-state index contributed by atoms with van der Waals surface area (Å²) in [6.07, 6.45) is 0.266. The van der Waals surface area contributed by atoms with Gasteiger partial charge in [-0.3, -0.25) is 28.5 Å². The maximum Gasteiger partial charge on any atom is 0.362 e. The summed E-state index contributed by atoms with van der Waals surface area (Å²) in [4.78, 5) is 86.9. The van der Waals surface area contributed by atoms with Gasteiger partial charge in [0.15, 0.2) is 22.4 Å². The lowest BCUT2D eigenvalue weighted by molar-refractivity contribution is -0.161. The third-order valence-corrected chi connectivity index (χ3v) is 8.63. The normalized spacial score (nSPS) is 19.0. The number of aromatic nitrogens is 2. The molecule has 0 aromatic carbocycles. The molecule has 2 saturated heterocycles. The molecule has 3 amide bonds. The van der Waals surface area contributed by atoms with Crippen molar-refractivity contribution in [3.8, 4) is 5.75 Å². The van der Waals surface area contributed by atoms with E-state index in [4.69, 9.17) is 10.6 Å². The summed E-state index contributed by atoms with van der Waals surface area (Å²) in [6.45, 7) is 1.70. The van der Waals surface area contributed by atoms with Crippen LogP contribution in [0.25, 0.3) is 0 Å². The number of hydrogen-bond acceptors (Lipinski definition) is 14. The topological polar surface area (TPSA) is 292 Å². The molecule has 2 aliphatic rings. The summed E-state index contributed by atoms with van der Waals surface area (Å²) in [5.74, 6) is -7.35. The van der Waals surface area contributed by atoms with Gasteiger partial charge in [0.2, 0.25) is 22.8 Å². The number of carboxylic acid groups (broad SMARTS) is 1. The molecule has 2 atom stereocenters. The van der Waals surface area contributed by atoms with Crippen LogP contribution < -0.4 is 16.5 Å². The maximum absolute atomic E-state index is 13.3. The second-order valence-corrected chi connectivity index (χ2v) is 12.8. The molecule has 2 aromatic heterocycles. The van der Waals surface area contributed by atoms with Gasteiger partial charge >= 0.3 is 16.3 Å². The summed E-state index contributed by atoms with van der Waals surface area (Å²) in [7, 11) is -5.08. The summed E-state index contributed by atoms with van der Waals surface area (Å²) < 4.78 is 33.5. The molecule has 7 N–H and O–H groups in total. The quantitative estimate of drug-likeness (QED) is 0.0628. The van der Waals surface area contributed by atoms with Crippen LogP contribution in [0.5, 0.6) is 5.75 Å². The molecule has 4 heterocycles. The number of carboxylic acids is 1. The predicted molar refractivity (Wildman–Crippen MR) is 152 cm³/mol. The van der Waals surface area contributed by atoms with Crippen molar-refractivity contribution in [3.05, 3.63) is 39.3 Å². The lowest BCUT2D eigenvalue weighted by Gasteiger charge is -2.44. The van der Waals surface area contributed by atoms with Crippen LogP contribution >= 0.6 is 11.3 Å². The van der Waals surface area contributed by atoms with E-state index in [1.54, 1.807) is 0 Å². The third kappa shape index (κ3) is 6.94. The highest BCUT2D eigenvalue weighted by Crippen LogP contribution is 2.33. The van der Waals surface area contributed by atoms with Gasteiger partial charge in [-0.05, 0) is 13.8 Å². The van der Waals surface area contributed by atoms with Crippen LogP contribution in [0.15, 0.2) is 27.6 Å². The molecule has 0 saturated carbocycles. The SMILES string of the molecule is CC(C)(O/N=C(\C(=O)C[C@@H]1C(=O)N(S(=O)(=O)O)[C@@H]1CNC(=O)C1CN(C(=O)c2cc(=O)c(O)c[nH]2)C1)c1csc(N)n1)C(=O)O. The largest absolute Gasteiger partial charge is 0.503 e. The standard InChI is InChI=1S/C24H27N7O12S2/c1-24(2,22(38)39)43-29-18(13-9-44-23(25)28-13)16(33)3-11-14(31(20(11)36)45(40,41)42)5-27-19(35)10-7-30(8-10)21(37)12-4-15(32)17(34)6-26-12/h4,6,9-11,14,34H,3,5,7-8H2,1-2H3,(H2,25,28)(H,26,32)(H,27,35)(H,38,39)(H,40,41,42)/b29-18-/t11-,14+/m0/s1. The zero-order chi connectivity index (χ0) is 33.4. The van der Waals surface area contributed by atoms with Crippen molar-refractivity contribution < 1.29 is 52.0 Å². The number of nitrogens with one attached hydrogen (secondary N) is 2. The van der Waals surface area contributed by atoms with Crippen LogP contribution in [0, 0.1) is 11.8 Å². The average molecular weight is 670 g/mol. The number of aromatic hydroxyl groups is 1. The van der Waals surface area contributed by atoms with Crippen molar-refractivity contribution in [1.82, 2.24) is 24.5 Å². The number of pyridine rings is 1. The molecule has 0 aliphatic carbocycles. The molecule has 4 rings (SSSR count). The van der Waals surface area contributed by atoms with Gasteiger partial charge in [0.1, 0.15) is 11.4 Å². The molecule has 0 spiro atoms. The van der Waals surface area contributed by atoms with E-state index in [1.807, 2.05) is 0 Å². The van der Waals surface area contributed by atoms with Crippen LogP contribution in [-0.4, -0.2) is 109 Å². The molecule has 2 aromatic rings. The number of amides is 3. The zero-order valence-corrected chi connectivity index (χ0v) is 25.1. The van der Waals surface area contributed by atoms with Crippen LogP contribution in [0.1, 0.15) is 36.5 Å². The Balaban J connectivity index is 1.43. The van der Waals surface area contributed by atoms with E-state index >= 15 is 0 Å². The van der Waals surface area contributed by atoms with Gasteiger partial charge < -0.3 is 36.0 Å². The number of oxime groups is 1. The highest BCUT2D eigenvalue weighted by atomic mass is 32.2. The van der Waals surface area contributed by atoms with Gasteiger partial charge in [0.05, 0.1) is 17.9 Å². The monoisotopic (exact) mass is 669 g/mol. The highest BCUT2D eigenvalue weighted by molar-refractivity contribution is 7.84. The van der Waals surface area contributed by atoms with Crippen LogP contribution in [0.2, 0.25) is 0 Å². The molecule has 0 bridgehead atoms. The number of β-lactam (4-membered cyclic amide) rings is 1. The molecule has 242 valence electrons. The van der Waals surface area contributed by atoms with Crippen molar-refractivity contribution in [1.29, 1.82) is 0 Å². The molecule has 21 heteroatoms. The Kier molecular flexibility index (Phi) is 8.98. The molecular formula is C24H27N7O12S2. The van der Waals surface area contributed by atoms with E-state index in [0.29, 0.717) is 0 Å². The van der Waals surface area contributed by atoms with Gasteiger partial charge in [-0.25, -0.2) is 14.1 Å². The fraction of sp³-hybridized carbons (Fsp3) is 0.417. The Hall–Kier alpha value is -4.89. The first-order chi connectivity index (χ1) is 20.9. The highest BCUT2D eigenvalue weighted by Gasteiger charge is 2.54. The number of nitrogen functional groups attached to an aromatic ring is 1. The van der Waals surface area contributed by atoms with E-state index in [2.05, 4.69) is 20.4 Å². The van der Waals surface area contributed by atoms with E-state index < -0.39 is 93.1 Å². The number of nitrogens with two attached hydrogens (primary N) is 1. The predicted octanol–water partition coefficient (Wildman–Crippen LogP) is -1.82. The first-order valence-corrected chi connectivity index (χ1v) is 15.2. The van der Waals surface area contributed by atoms with E-state index in [-0.39, 0.29) is 33.9 Å². The molecule has 2 fully saturated rings. The second-order valence-electron chi connectivity index (χ2n) is 10.6. The summed E-state index contributed by atoms with van der Waals surface area (Å²) >= 11 is 0.933. The zero-order valence-electron chi connectivity index (χ0n) is 23.5. The fourth-order valence-electron chi connectivity index (χ4n) is 4.36. The molecule has 0 radical (unpaired) electrons. The number of rotatable bonds is 12. The second kappa shape index (κ2) is 12.2. The number of carbonyl (C=O) groups excluding carboxylic acids is 4. The first-order valence-electron chi connectivity index (χ1n) is 12.9. The number of carbonyl (C=O) groups is 5. The number of anilines is 1. The van der Waals surface area contributed by atoms with Crippen molar-refractivity contribution in [2.24, 2.45) is 17.0 Å². The number of aliphatic carboxylic acids is 1. The van der Waals surface area contributed by atoms with E-state index in [1.165, 1.54) is 24.1 Å². The number of H-pyrrole nitrogens is 1. The Morgan fingerprint density at radius 2 is 1.93 bits per heavy atom. The Morgan fingerprint density at radius 1 is 1.27 bits per heavy atom. The number of nitrogens with zero attached hydrogens (tertiary/aromatic N) is 4. The average Bonchev–Trinajstić information content (AvgIpc) is 3.34. The van der Waals surface area contributed by atoms with Gasteiger partial charge in [-0.2, -0.15) is 8.42 Å². The van der Waals surface area contributed by atoms with Crippen molar-refractivity contribution in [3.63, 3.8) is 0 Å². The van der Waals surface area contributed by atoms with Crippen molar-refractivity contribution in [2.45, 2.75) is 31.9 Å². The molecular weight excluding hydrogens is 642 g/mol. The Labute approximate surface area is 257 Å². The van der Waals surface area contributed by atoms with E-state index in [0.717, 1.165) is 23.6 Å². The number of ketones is 1. The minimum absolute atomic E-state index is 0.0356. The molecule has 19 nitrogen and oxygen atoms in total. The summed E-state index contributed by atoms with van der Waals surface area (Å²) in [6, 6.07) is -0.485. The van der Waals surface area contributed by atoms with Gasteiger partial charge in [-0.15, -0.1) is 11.3 Å². The van der Waals surface area contributed by atoms with Crippen LogP contribution in [0.3, 0.4) is 0 Å². The smallest absolute Gasteiger partial charge is 0.362 e. The number of likely N-dealkylation sites (tertiary alicyclic amines) is 1. The molecule has 45 heavy (non-hydrogen) atoms. The van der Waals surface area contributed by atoms with Crippen LogP contribution in [0.4, 0.5) is 5.13 Å². The fourth-order valence-corrected chi connectivity index (χ4v) is 5.83. The van der Waals surface area contributed by atoms with Crippen LogP contribution in [-0.2, 0) is 34.3 Å². The lowest BCUT2D eigenvalue weighted by Crippen LogP contribution is -2.67. The lowest BCUT2D eigenvalue weighted by atomic mass is 9.84.